The van der Waals surface area contributed by atoms with Crippen molar-refractivity contribution >= 4 is 35.5 Å². The summed E-state index contributed by atoms with van der Waals surface area (Å²) in [6.45, 7) is 0. The number of thioether (sulfide) groups is 1. The van der Waals surface area contributed by atoms with Crippen LogP contribution in [-0.4, -0.2) is 54.0 Å². The summed E-state index contributed by atoms with van der Waals surface area (Å²) >= 11 is 7.43. The molecule has 11 heteroatoms. The number of amides is 1. The zero-order valence-electron chi connectivity index (χ0n) is 21.1. The van der Waals surface area contributed by atoms with Crippen LogP contribution >= 0.6 is 23.4 Å². The predicted molar refractivity (Wildman–Crippen MR) is 145 cm³/mol. The molecule has 1 fully saturated rings. The molecule has 1 saturated carbocycles. The summed E-state index contributed by atoms with van der Waals surface area (Å²) in [6.07, 6.45) is 7.21. The van der Waals surface area contributed by atoms with E-state index >= 15 is 0 Å². The lowest BCUT2D eigenvalue weighted by Crippen LogP contribution is -2.20. The lowest BCUT2D eigenvalue weighted by Gasteiger charge is -2.25. The molecule has 1 aliphatic carbocycles. The fourth-order valence-corrected chi connectivity index (χ4v) is 5.25. The number of nitrogens with one attached hydrogen (secondary N) is 1. The summed E-state index contributed by atoms with van der Waals surface area (Å²) in [4.78, 5) is 12.6. The normalized spacial score (nSPS) is 14.1. The molecule has 0 bridgehead atoms. The number of benzene rings is 2. The van der Waals surface area contributed by atoms with E-state index in [2.05, 4.69) is 25.3 Å². The van der Waals surface area contributed by atoms with Crippen LogP contribution in [0.25, 0.3) is 11.4 Å². The van der Waals surface area contributed by atoms with Crippen molar-refractivity contribution in [3.63, 3.8) is 0 Å². The van der Waals surface area contributed by atoms with E-state index in [1.807, 2.05) is 24.3 Å². The van der Waals surface area contributed by atoms with Gasteiger partial charge in [-0.25, -0.2) is 5.43 Å². The summed E-state index contributed by atoms with van der Waals surface area (Å²) in [5, 5.41) is 14.4. The first-order valence-corrected chi connectivity index (χ1v) is 13.4. The first kappa shape index (κ1) is 26.8. The number of hydrogen-bond donors (Lipinski definition) is 1. The third kappa shape index (κ3) is 6.56. The molecule has 4 rings (SSSR count). The number of hydrazone groups is 1. The molecule has 1 amide bonds. The molecule has 0 saturated heterocycles. The molecule has 0 spiro atoms. The minimum absolute atomic E-state index is 0.145. The van der Waals surface area contributed by atoms with Crippen molar-refractivity contribution in [1.82, 2.24) is 20.2 Å². The number of hydrogen-bond acceptors (Lipinski definition) is 8. The number of carbonyl (C=O) groups excluding carboxylic acids is 1. The summed E-state index contributed by atoms with van der Waals surface area (Å²) < 4.78 is 18.2. The van der Waals surface area contributed by atoms with Gasteiger partial charge in [-0.05, 0) is 43.2 Å². The van der Waals surface area contributed by atoms with Crippen LogP contribution in [0.15, 0.2) is 46.7 Å². The number of methoxy groups -OCH3 is 3. The summed E-state index contributed by atoms with van der Waals surface area (Å²) in [5.41, 5.74) is 4.16. The van der Waals surface area contributed by atoms with Gasteiger partial charge in [0.15, 0.2) is 22.5 Å². The van der Waals surface area contributed by atoms with E-state index in [9.17, 15) is 4.79 Å². The molecule has 0 atom stereocenters. The Morgan fingerprint density at radius 3 is 2.41 bits per heavy atom. The highest BCUT2D eigenvalue weighted by Gasteiger charge is 2.24. The maximum Gasteiger partial charge on any atom is 0.250 e. The summed E-state index contributed by atoms with van der Waals surface area (Å²) in [6, 6.07) is 11.3. The topological polar surface area (TPSA) is 99.9 Å². The van der Waals surface area contributed by atoms with Crippen molar-refractivity contribution in [2.45, 2.75) is 43.3 Å². The minimum atomic E-state index is -0.257. The van der Waals surface area contributed by atoms with Crippen molar-refractivity contribution in [1.29, 1.82) is 0 Å². The van der Waals surface area contributed by atoms with E-state index in [4.69, 9.17) is 25.8 Å². The van der Waals surface area contributed by atoms with Gasteiger partial charge in [0, 0.05) is 28.3 Å². The Bertz CT molecular complexity index is 1240. The molecule has 9 nitrogen and oxygen atoms in total. The van der Waals surface area contributed by atoms with Crippen LogP contribution in [0, 0.1) is 0 Å². The fraction of sp³-hybridized carbons (Fsp3) is 0.385. The van der Waals surface area contributed by atoms with Crippen molar-refractivity contribution in [3.05, 3.63) is 47.0 Å². The molecule has 1 heterocycles. The molecule has 37 heavy (non-hydrogen) atoms. The lowest BCUT2D eigenvalue weighted by atomic mass is 9.95. The van der Waals surface area contributed by atoms with Gasteiger partial charge in [-0.3, -0.25) is 9.36 Å². The Balaban J connectivity index is 1.45. The molecule has 0 radical (unpaired) electrons. The van der Waals surface area contributed by atoms with Gasteiger partial charge in [0.25, 0.3) is 5.91 Å². The first-order chi connectivity index (χ1) is 18.0. The smallest absolute Gasteiger partial charge is 0.250 e. The molecule has 1 aliphatic rings. The zero-order chi connectivity index (χ0) is 26.2. The minimum Gasteiger partial charge on any atom is -0.496 e. The van der Waals surface area contributed by atoms with E-state index in [-0.39, 0.29) is 11.7 Å². The van der Waals surface area contributed by atoms with Gasteiger partial charge < -0.3 is 14.2 Å². The van der Waals surface area contributed by atoms with Gasteiger partial charge in [-0.15, -0.1) is 10.2 Å². The second-order valence-corrected chi connectivity index (χ2v) is 9.88. The third-order valence-electron chi connectivity index (χ3n) is 6.17. The van der Waals surface area contributed by atoms with Gasteiger partial charge in [0.1, 0.15) is 5.75 Å². The fourth-order valence-electron chi connectivity index (χ4n) is 4.33. The van der Waals surface area contributed by atoms with Crippen molar-refractivity contribution in [3.8, 4) is 28.6 Å². The summed E-state index contributed by atoms with van der Waals surface area (Å²) in [5.74, 6) is 2.30. The molecular formula is C26H30ClN5O4S. The van der Waals surface area contributed by atoms with Crippen molar-refractivity contribution in [2.75, 3.05) is 27.1 Å². The standard InChI is InChI=1S/C26H30ClN5O4S/c1-34-21-14-23(36-3)22(35-2)13-18(21)15-28-29-24(33)16-37-26-31-30-25(17-9-11-19(27)12-10-17)32(26)20-7-5-4-6-8-20/h9-15,20H,4-8,16H2,1-3H3,(H,29,33). The van der Waals surface area contributed by atoms with Crippen molar-refractivity contribution in [2.24, 2.45) is 5.10 Å². The molecule has 1 aromatic heterocycles. The molecule has 0 unspecified atom stereocenters. The first-order valence-electron chi connectivity index (χ1n) is 12.0. The quantitative estimate of drug-likeness (QED) is 0.208. The maximum atomic E-state index is 12.6. The highest BCUT2D eigenvalue weighted by atomic mass is 35.5. The van der Waals surface area contributed by atoms with Gasteiger partial charge >= 0.3 is 0 Å². The Kier molecular flexibility index (Phi) is 9.29. The number of carbonyl (C=O) groups is 1. The average molecular weight is 544 g/mol. The number of ether oxygens (including phenoxy) is 3. The largest absolute Gasteiger partial charge is 0.496 e. The van der Waals surface area contributed by atoms with E-state index in [1.165, 1.54) is 37.2 Å². The molecular weight excluding hydrogens is 514 g/mol. The second-order valence-electron chi connectivity index (χ2n) is 8.51. The van der Waals surface area contributed by atoms with Crippen LogP contribution in [0.2, 0.25) is 5.02 Å². The van der Waals surface area contributed by atoms with Gasteiger partial charge in [-0.2, -0.15) is 5.10 Å². The molecule has 196 valence electrons. The number of halogens is 1. The van der Waals surface area contributed by atoms with Gasteiger partial charge in [-0.1, -0.05) is 42.6 Å². The van der Waals surface area contributed by atoms with E-state index in [0.717, 1.165) is 29.4 Å². The molecule has 0 aliphatic heterocycles. The SMILES string of the molecule is COc1cc(OC)c(OC)cc1C=NNC(=O)CSc1nnc(-c2ccc(Cl)cc2)n1C1CCCCC1. The van der Waals surface area contributed by atoms with E-state index in [0.29, 0.717) is 33.9 Å². The van der Waals surface area contributed by atoms with E-state index in [1.54, 1.807) is 33.5 Å². The van der Waals surface area contributed by atoms with Crippen molar-refractivity contribution < 1.29 is 19.0 Å². The van der Waals surface area contributed by atoms with Crippen LogP contribution in [0.1, 0.15) is 43.7 Å². The number of nitrogens with zero attached hydrogens (tertiary/aromatic N) is 4. The molecule has 3 aromatic rings. The van der Waals surface area contributed by atoms with Crippen LogP contribution < -0.4 is 19.6 Å². The highest BCUT2D eigenvalue weighted by Crippen LogP contribution is 2.36. The van der Waals surface area contributed by atoms with Gasteiger partial charge in [0.05, 0.1) is 33.3 Å². The molecule has 2 aromatic carbocycles. The monoisotopic (exact) mass is 543 g/mol. The van der Waals surface area contributed by atoms with E-state index < -0.39 is 0 Å². The zero-order valence-corrected chi connectivity index (χ0v) is 22.6. The number of aromatic nitrogens is 3. The Hall–Kier alpha value is -3.24. The Labute approximate surface area is 225 Å². The van der Waals surface area contributed by atoms with Crippen LogP contribution in [0.4, 0.5) is 0 Å². The summed E-state index contributed by atoms with van der Waals surface area (Å²) in [7, 11) is 4.65. The second kappa shape index (κ2) is 12.8. The van der Waals surface area contributed by atoms with Crippen LogP contribution in [0.3, 0.4) is 0 Å². The molecule has 1 N–H and O–H groups in total. The third-order valence-corrected chi connectivity index (χ3v) is 7.36. The van der Waals surface area contributed by atoms with Crippen LogP contribution in [0.5, 0.6) is 17.2 Å². The maximum absolute atomic E-state index is 12.6. The lowest BCUT2D eigenvalue weighted by molar-refractivity contribution is -0.118. The van der Waals surface area contributed by atoms with Gasteiger partial charge in [0.2, 0.25) is 0 Å². The van der Waals surface area contributed by atoms with Crippen LogP contribution in [-0.2, 0) is 4.79 Å². The Morgan fingerprint density at radius 2 is 1.73 bits per heavy atom. The Morgan fingerprint density at radius 1 is 1.05 bits per heavy atom. The average Bonchev–Trinajstić information content (AvgIpc) is 3.36. The highest BCUT2D eigenvalue weighted by molar-refractivity contribution is 7.99. The number of rotatable bonds is 10. The predicted octanol–water partition coefficient (Wildman–Crippen LogP) is 5.37.